The van der Waals surface area contributed by atoms with Crippen molar-refractivity contribution in [1.29, 1.82) is 0 Å². The number of rotatable bonds is 3. The van der Waals surface area contributed by atoms with E-state index in [0.717, 1.165) is 10.8 Å². The van der Waals surface area contributed by atoms with E-state index >= 15 is 0 Å². The third kappa shape index (κ3) is 2.45. The van der Waals surface area contributed by atoms with Crippen molar-refractivity contribution in [2.75, 3.05) is 6.54 Å². The molecule has 2 rings (SSSR count). The van der Waals surface area contributed by atoms with Gasteiger partial charge in [0.25, 0.3) is 0 Å². The van der Waals surface area contributed by atoms with Gasteiger partial charge >= 0.3 is 0 Å². The van der Waals surface area contributed by atoms with Crippen molar-refractivity contribution in [3.8, 4) is 18.1 Å². The van der Waals surface area contributed by atoms with Crippen LogP contribution in [0.15, 0.2) is 41.3 Å². The van der Waals surface area contributed by atoms with Gasteiger partial charge in [-0.2, -0.15) is 4.72 Å². The average Bonchev–Trinajstić information content (AvgIpc) is 2.35. The van der Waals surface area contributed by atoms with E-state index in [4.69, 9.17) is 6.42 Å². The minimum absolute atomic E-state index is 0.0457. The summed E-state index contributed by atoms with van der Waals surface area (Å²) in [5, 5.41) is 10.8. The van der Waals surface area contributed by atoms with Gasteiger partial charge in [0.2, 0.25) is 10.0 Å². The molecule has 2 N–H and O–H groups in total. The lowest BCUT2D eigenvalue weighted by Crippen LogP contribution is -2.23. The third-order valence-corrected chi connectivity index (χ3v) is 3.87. The monoisotopic (exact) mass is 261 g/mol. The van der Waals surface area contributed by atoms with Crippen molar-refractivity contribution in [2.45, 2.75) is 4.90 Å². The summed E-state index contributed by atoms with van der Waals surface area (Å²) in [6.07, 6.45) is 5.02. The molecule has 0 aliphatic carbocycles. The summed E-state index contributed by atoms with van der Waals surface area (Å²) in [6.45, 7) is -0.0457. The Labute approximate surface area is 105 Å². The van der Waals surface area contributed by atoms with E-state index in [1.165, 1.54) is 18.2 Å². The molecule has 0 aromatic heterocycles. The average molecular weight is 261 g/mol. The van der Waals surface area contributed by atoms with Crippen molar-refractivity contribution < 1.29 is 13.5 Å². The highest BCUT2D eigenvalue weighted by Gasteiger charge is 2.13. The molecule has 18 heavy (non-hydrogen) atoms. The van der Waals surface area contributed by atoms with E-state index in [9.17, 15) is 13.5 Å². The number of benzene rings is 2. The van der Waals surface area contributed by atoms with Crippen LogP contribution in [0.3, 0.4) is 0 Å². The number of fused-ring (bicyclic) bond motifs is 1. The number of phenols is 1. The van der Waals surface area contributed by atoms with E-state index < -0.39 is 10.0 Å². The predicted molar refractivity (Wildman–Crippen MR) is 69.6 cm³/mol. The fourth-order valence-corrected chi connectivity index (χ4v) is 2.57. The lowest BCUT2D eigenvalue weighted by atomic mass is 10.1. The standard InChI is InChI=1S/C13H11NO3S/c1-2-7-14-18(16,17)13-6-4-10-8-12(15)5-3-11(10)9-13/h1,3-6,8-9,14-15H,7H2. The van der Waals surface area contributed by atoms with Crippen molar-refractivity contribution in [1.82, 2.24) is 4.72 Å². The number of hydrogen-bond donors (Lipinski definition) is 2. The molecule has 4 nitrogen and oxygen atoms in total. The lowest BCUT2D eigenvalue weighted by Gasteiger charge is -2.05. The molecule has 0 unspecified atom stereocenters. The first kappa shape index (κ1) is 12.4. The Morgan fingerprint density at radius 2 is 1.83 bits per heavy atom. The van der Waals surface area contributed by atoms with Crippen LogP contribution in [0.2, 0.25) is 0 Å². The second kappa shape index (κ2) is 4.69. The second-order valence-electron chi connectivity index (χ2n) is 3.72. The first-order chi connectivity index (χ1) is 8.53. The van der Waals surface area contributed by atoms with Crippen LogP contribution >= 0.6 is 0 Å². The van der Waals surface area contributed by atoms with E-state index in [0.29, 0.717) is 0 Å². The van der Waals surface area contributed by atoms with Crippen LogP contribution in [0.25, 0.3) is 10.8 Å². The molecular weight excluding hydrogens is 250 g/mol. The van der Waals surface area contributed by atoms with Crippen LogP contribution in [0.5, 0.6) is 5.75 Å². The maximum atomic E-state index is 11.8. The quantitative estimate of drug-likeness (QED) is 0.822. The van der Waals surface area contributed by atoms with Crippen LogP contribution in [-0.2, 0) is 10.0 Å². The zero-order valence-electron chi connectivity index (χ0n) is 9.42. The molecule has 0 heterocycles. The SMILES string of the molecule is C#CCNS(=O)(=O)c1ccc2cc(O)ccc2c1. The molecule has 0 saturated heterocycles. The fraction of sp³-hybridized carbons (Fsp3) is 0.0769. The van der Waals surface area contributed by atoms with Crippen molar-refractivity contribution >= 4 is 20.8 Å². The van der Waals surface area contributed by atoms with Gasteiger partial charge in [-0.3, -0.25) is 0 Å². The first-order valence-electron chi connectivity index (χ1n) is 5.19. The Morgan fingerprint density at radius 1 is 1.17 bits per heavy atom. The highest BCUT2D eigenvalue weighted by atomic mass is 32.2. The number of hydrogen-bond acceptors (Lipinski definition) is 3. The molecule has 2 aromatic carbocycles. The van der Waals surface area contributed by atoms with E-state index in [2.05, 4.69) is 10.6 Å². The van der Waals surface area contributed by atoms with Crippen LogP contribution in [0.4, 0.5) is 0 Å². The topological polar surface area (TPSA) is 66.4 Å². The Balaban J connectivity index is 2.48. The maximum Gasteiger partial charge on any atom is 0.241 e. The summed E-state index contributed by atoms with van der Waals surface area (Å²) in [5.41, 5.74) is 0. The Bertz CT molecular complexity index is 729. The van der Waals surface area contributed by atoms with Gasteiger partial charge in [-0.15, -0.1) is 6.42 Å². The normalized spacial score (nSPS) is 11.3. The zero-order chi connectivity index (χ0) is 13.2. The van der Waals surface area contributed by atoms with Crippen LogP contribution in [0, 0.1) is 12.3 Å². The second-order valence-corrected chi connectivity index (χ2v) is 5.49. The molecule has 0 saturated carbocycles. The number of sulfonamides is 1. The molecule has 0 spiro atoms. The van der Waals surface area contributed by atoms with Gasteiger partial charge in [-0.1, -0.05) is 18.1 Å². The highest BCUT2D eigenvalue weighted by Crippen LogP contribution is 2.22. The molecule has 5 heteroatoms. The van der Waals surface area contributed by atoms with Crippen LogP contribution in [-0.4, -0.2) is 20.1 Å². The number of aromatic hydroxyl groups is 1. The van der Waals surface area contributed by atoms with Gasteiger partial charge in [0.1, 0.15) is 5.75 Å². The van der Waals surface area contributed by atoms with Crippen molar-refractivity contribution in [3.05, 3.63) is 36.4 Å². The van der Waals surface area contributed by atoms with Gasteiger partial charge in [-0.25, -0.2) is 8.42 Å². The van der Waals surface area contributed by atoms with Crippen LogP contribution < -0.4 is 4.72 Å². The molecule has 0 aliphatic heterocycles. The molecule has 2 aromatic rings. The van der Waals surface area contributed by atoms with Crippen LogP contribution in [0.1, 0.15) is 0 Å². The fourth-order valence-electron chi connectivity index (χ4n) is 1.60. The molecule has 0 atom stereocenters. The van der Waals surface area contributed by atoms with Gasteiger partial charge in [0, 0.05) is 0 Å². The van der Waals surface area contributed by atoms with Crippen molar-refractivity contribution in [3.63, 3.8) is 0 Å². The van der Waals surface area contributed by atoms with Gasteiger partial charge in [0.05, 0.1) is 11.4 Å². The Kier molecular flexibility index (Phi) is 3.24. The molecular formula is C13H11NO3S. The number of nitrogens with one attached hydrogen (secondary N) is 1. The zero-order valence-corrected chi connectivity index (χ0v) is 10.2. The lowest BCUT2D eigenvalue weighted by molar-refractivity contribution is 0.476. The largest absolute Gasteiger partial charge is 0.508 e. The molecule has 0 fully saturated rings. The Hall–Kier alpha value is -2.03. The number of phenolic OH excluding ortho intramolecular Hbond substituents is 1. The maximum absolute atomic E-state index is 11.8. The summed E-state index contributed by atoms with van der Waals surface area (Å²) in [6, 6.07) is 9.38. The van der Waals surface area contributed by atoms with Gasteiger partial charge < -0.3 is 5.11 Å². The number of terminal acetylenes is 1. The summed E-state index contributed by atoms with van der Waals surface area (Å²) in [4.78, 5) is 0.149. The first-order valence-corrected chi connectivity index (χ1v) is 6.67. The molecule has 0 radical (unpaired) electrons. The van der Waals surface area contributed by atoms with E-state index in [1.54, 1.807) is 18.2 Å². The summed E-state index contributed by atoms with van der Waals surface area (Å²) in [5.74, 6) is 2.36. The summed E-state index contributed by atoms with van der Waals surface area (Å²) >= 11 is 0. The minimum Gasteiger partial charge on any atom is -0.508 e. The van der Waals surface area contributed by atoms with Gasteiger partial charge in [0.15, 0.2) is 0 Å². The Morgan fingerprint density at radius 3 is 2.56 bits per heavy atom. The van der Waals surface area contributed by atoms with Crippen molar-refractivity contribution in [2.24, 2.45) is 0 Å². The van der Waals surface area contributed by atoms with E-state index in [1.807, 2.05) is 0 Å². The van der Waals surface area contributed by atoms with Gasteiger partial charge in [-0.05, 0) is 35.0 Å². The van der Waals surface area contributed by atoms with E-state index in [-0.39, 0.29) is 17.2 Å². The summed E-state index contributed by atoms with van der Waals surface area (Å²) < 4.78 is 26.0. The molecule has 92 valence electrons. The molecule has 0 amide bonds. The third-order valence-electron chi connectivity index (χ3n) is 2.47. The predicted octanol–water partition coefficient (Wildman–Crippen LogP) is 1.46. The highest BCUT2D eigenvalue weighted by molar-refractivity contribution is 7.89. The molecule has 0 aliphatic rings. The minimum atomic E-state index is -3.58. The summed E-state index contributed by atoms with van der Waals surface area (Å²) in [7, 11) is -3.58. The smallest absolute Gasteiger partial charge is 0.241 e. The molecule has 0 bridgehead atoms.